The van der Waals surface area contributed by atoms with Crippen LogP contribution < -0.4 is 5.73 Å². The summed E-state index contributed by atoms with van der Waals surface area (Å²) < 4.78 is 59.1. The smallest absolute Gasteiger partial charge is 0.332 e. The van der Waals surface area contributed by atoms with Gasteiger partial charge in [-0.1, -0.05) is 13.3 Å². The van der Waals surface area contributed by atoms with E-state index in [1.807, 2.05) is 0 Å². The Morgan fingerprint density at radius 3 is 2.30 bits per heavy atom. The molecule has 0 fully saturated rings. The van der Waals surface area contributed by atoms with Gasteiger partial charge in [0.25, 0.3) is 0 Å². The van der Waals surface area contributed by atoms with Gasteiger partial charge in [-0.15, -0.1) is 0 Å². The molecule has 1 atom stereocenters. The van der Waals surface area contributed by atoms with Gasteiger partial charge in [-0.25, -0.2) is 8.42 Å². The molecule has 0 aromatic carbocycles. The second-order valence-corrected chi connectivity index (χ2v) is 7.01. The zero-order valence-corrected chi connectivity index (χ0v) is 12.4. The van der Waals surface area contributed by atoms with Gasteiger partial charge in [0.2, 0.25) is 5.91 Å². The summed E-state index contributed by atoms with van der Waals surface area (Å²) >= 11 is 0. The number of halogens is 3. The zero-order chi connectivity index (χ0) is 16.0. The lowest BCUT2D eigenvalue weighted by molar-refractivity contribution is -0.162. The van der Waals surface area contributed by atoms with Crippen LogP contribution in [0.25, 0.3) is 0 Å². The van der Waals surface area contributed by atoms with Gasteiger partial charge in [-0.3, -0.25) is 4.79 Å². The number of carbonyl (C=O) groups excluding carboxylic acids is 1. The standard InChI is InChI=1S/C11H21F3N2O3S/c1-3-4-6-16(8-11(12,13)14)10(17)9(15)5-7-20(2,18)19/h9H,3-8,15H2,1-2H3. The van der Waals surface area contributed by atoms with Crippen LogP contribution in [0.15, 0.2) is 0 Å². The number of hydrogen-bond acceptors (Lipinski definition) is 4. The molecule has 1 amide bonds. The predicted octanol–water partition coefficient (Wildman–Crippen LogP) is 0.939. The number of sulfone groups is 1. The highest BCUT2D eigenvalue weighted by Gasteiger charge is 2.34. The maximum atomic E-state index is 12.4. The van der Waals surface area contributed by atoms with Crippen molar-refractivity contribution in [2.75, 3.05) is 25.1 Å². The van der Waals surface area contributed by atoms with Crippen LogP contribution in [0.5, 0.6) is 0 Å². The van der Waals surface area contributed by atoms with Gasteiger partial charge in [-0.05, 0) is 12.8 Å². The summed E-state index contributed by atoms with van der Waals surface area (Å²) in [5.74, 6) is -1.19. The van der Waals surface area contributed by atoms with E-state index in [-0.39, 0.29) is 18.7 Å². The minimum atomic E-state index is -4.50. The van der Waals surface area contributed by atoms with Gasteiger partial charge in [0.05, 0.1) is 11.8 Å². The third-order valence-electron chi connectivity index (χ3n) is 2.58. The third kappa shape index (κ3) is 9.13. The Bertz CT molecular complexity index is 410. The van der Waals surface area contributed by atoms with Crippen LogP contribution in [0.1, 0.15) is 26.2 Å². The summed E-state index contributed by atoms with van der Waals surface area (Å²) in [5.41, 5.74) is 5.49. The summed E-state index contributed by atoms with van der Waals surface area (Å²) in [4.78, 5) is 12.5. The molecule has 0 bridgehead atoms. The van der Waals surface area contributed by atoms with Crippen LogP contribution >= 0.6 is 0 Å². The Balaban J connectivity index is 4.67. The van der Waals surface area contributed by atoms with Gasteiger partial charge in [-0.2, -0.15) is 13.2 Å². The summed E-state index contributed by atoms with van der Waals surface area (Å²) in [5, 5.41) is 0. The maximum Gasteiger partial charge on any atom is 0.406 e. The zero-order valence-electron chi connectivity index (χ0n) is 11.6. The Kier molecular flexibility index (Phi) is 7.50. The summed E-state index contributed by atoms with van der Waals surface area (Å²) in [6.07, 6.45) is -2.63. The molecule has 0 spiro atoms. The third-order valence-corrected chi connectivity index (χ3v) is 3.56. The molecule has 1 unspecified atom stereocenters. The highest BCUT2D eigenvalue weighted by atomic mass is 32.2. The second kappa shape index (κ2) is 7.82. The van der Waals surface area contributed by atoms with Crippen molar-refractivity contribution in [3.05, 3.63) is 0 Å². The number of nitrogens with two attached hydrogens (primary N) is 1. The van der Waals surface area contributed by atoms with Gasteiger partial charge < -0.3 is 10.6 Å². The normalized spacial score (nSPS) is 14.1. The highest BCUT2D eigenvalue weighted by Crippen LogP contribution is 2.17. The van der Waals surface area contributed by atoms with Gasteiger partial charge in [0, 0.05) is 12.8 Å². The van der Waals surface area contributed by atoms with Crippen molar-refractivity contribution in [3.63, 3.8) is 0 Å². The molecule has 20 heavy (non-hydrogen) atoms. The van der Waals surface area contributed by atoms with E-state index in [2.05, 4.69) is 0 Å². The fraction of sp³-hybridized carbons (Fsp3) is 0.909. The first-order valence-corrected chi connectivity index (χ1v) is 8.31. The van der Waals surface area contributed by atoms with Crippen molar-refractivity contribution >= 4 is 15.7 Å². The number of amides is 1. The Hall–Kier alpha value is -0.830. The molecule has 0 aromatic rings. The highest BCUT2D eigenvalue weighted by molar-refractivity contribution is 7.90. The molecule has 0 aliphatic carbocycles. The molecule has 9 heteroatoms. The Morgan fingerprint density at radius 1 is 1.35 bits per heavy atom. The van der Waals surface area contributed by atoms with E-state index in [0.717, 1.165) is 6.26 Å². The Labute approximate surface area is 117 Å². The average Bonchev–Trinajstić information content (AvgIpc) is 2.28. The molecule has 0 aliphatic rings. The molecule has 0 saturated heterocycles. The largest absolute Gasteiger partial charge is 0.406 e. The fourth-order valence-corrected chi connectivity index (χ4v) is 2.21. The molecule has 120 valence electrons. The minimum absolute atomic E-state index is 0.0403. The quantitative estimate of drug-likeness (QED) is 0.722. The van der Waals surface area contributed by atoms with E-state index in [9.17, 15) is 26.4 Å². The first kappa shape index (κ1) is 19.2. The van der Waals surface area contributed by atoms with Crippen molar-refractivity contribution < 1.29 is 26.4 Å². The van der Waals surface area contributed by atoms with Crippen molar-refractivity contribution in [1.82, 2.24) is 4.90 Å². The van der Waals surface area contributed by atoms with E-state index < -0.39 is 34.5 Å². The first-order chi connectivity index (χ1) is 8.96. The van der Waals surface area contributed by atoms with Crippen LogP contribution in [-0.4, -0.2) is 56.5 Å². The Morgan fingerprint density at radius 2 is 1.90 bits per heavy atom. The van der Waals surface area contributed by atoms with Gasteiger partial charge in [0.15, 0.2) is 0 Å². The summed E-state index contributed by atoms with van der Waals surface area (Å²) in [6.45, 7) is 0.389. The molecule has 0 rings (SSSR count). The second-order valence-electron chi connectivity index (χ2n) is 4.75. The number of carbonyl (C=O) groups is 1. The van der Waals surface area contributed by atoms with Gasteiger partial charge in [0.1, 0.15) is 16.4 Å². The van der Waals surface area contributed by atoms with E-state index in [0.29, 0.717) is 17.7 Å². The molecule has 0 radical (unpaired) electrons. The van der Waals surface area contributed by atoms with Crippen LogP contribution in [0, 0.1) is 0 Å². The number of nitrogens with zero attached hydrogens (tertiary/aromatic N) is 1. The van der Waals surface area contributed by atoms with Crippen LogP contribution in [0.3, 0.4) is 0 Å². The average molecular weight is 318 g/mol. The molecule has 0 heterocycles. The lowest BCUT2D eigenvalue weighted by Crippen LogP contribution is -2.48. The molecular formula is C11H21F3N2O3S. The van der Waals surface area contributed by atoms with Crippen LogP contribution in [-0.2, 0) is 14.6 Å². The van der Waals surface area contributed by atoms with Crippen molar-refractivity contribution in [2.45, 2.75) is 38.4 Å². The van der Waals surface area contributed by atoms with E-state index in [1.54, 1.807) is 6.92 Å². The number of rotatable bonds is 8. The van der Waals surface area contributed by atoms with Crippen molar-refractivity contribution in [1.29, 1.82) is 0 Å². The summed E-state index contributed by atoms with van der Waals surface area (Å²) in [7, 11) is -3.30. The number of unbranched alkanes of at least 4 members (excludes halogenated alkanes) is 1. The fourth-order valence-electron chi connectivity index (χ4n) is 1.53. The molecule has 0 aromatic heterocycles. The predicted molar refractivity (Wildman–Crippen MR) is 69.8 cm³/mol. The van der Waals surface area contributed by atoms with E-state index in [1.165, 1.54) is 0 Å². The molecule has 0 aliphatic heterocycles. The van der Waals surface area contributed by atoms with Crippen molar-refractivity contribution in [3.8, 4) is 0 Å². The van der Waals surface area contributed by atoms with Crippen LogP contribution in [0.4, 0.5) is 13.2 Å². The lowest BCUT2D eigenvalue weighted by atomic mass is 10.2. The van der Waals surface area contributed by atoms with E-state index in [4.69, 9.17) is 5.73 Å². The topological polar surface area (TPSA) is 80.5 Å². The first-order valence-electron chi connectivity index (χ1n) is 6.25. The number of alkyl halides is 3. The maximum absolute atomic E-state index is 12.4. The van der Waals surface area contributed by atoms with Crippen molar-refractivity contribution in [2.24, 2.45) is 5.73 Å². The van der Waals surface area contributed by atoms with E-state index >= 15 is 0 Å². The summed E-state index contributed by atoms with van der Waals surface area (Å²) in [6, 6.07) is -1.23. The van der Waals surface area contributed by atoms with Gasteiger partial charge >= 0.3 is 6.18 Å². The molecule has 0 saturated carbocycles. The monoisotopic (exact) mass is 318 g/mol. The number of hydrogen-bond donors (Lipinski definition) is 1. The minimum Gasteiger partial charge on any atom is -0.332 e. The SMILES string of the molecule is CCCCN(CC(F)(F)F)C(=O)C(N)CCS(C)(=O)=O. The van der Waals surface area contributed by atoms with Crippen LogP contribution in [0.2, 0.25) is 0 Å². The lowest BCUT2D eigenvalue weighted by Gasteiger charge is -2.26. The molecular weight excluding hydrogens is 297 g/mol. The molecule has 5 nitrogen and oxygen atoms in total. The molecule has 2 N–H and O–H groups in total.